The maximum atomic E-state index is 12.5. The van der Waals surface area contributed by atoms with Crippen LogP contribution in [0.25, 0.3) is 0 Å². The molecule has 0 aromatic heterocycles. The molecule has 3 aliphatic rings. The average molecular weight is 278 g/mol. The molecule has 3 rings (SSSR count). The van der Waals surface area contributed by atoms with E-state index in [1.54, 1.807) is 0 Å². The molecule has 0 aliphatic heterocycles. The zero-order valence-corrected chi connectivity index (χ0v) is 11.8. The molecule has 0 aromatic rings. The van der Waals surface area contributed by atoms with Gasteiger partial charge in [-0.1, -0.05) is 6.92 Å². The van der Waals surface area contributed by atoms with Crippen LogP contribution < -0.4 is 0 Å². The number of ketones is 1. The second-order valence-electron chi connectivity index (χ2n) is 6.93. The van der Waals surface area contributed by atoms with Gasteiger partial charge in [-0.2, -0.15) is 0 Å². The van der Waals surface area contributed by atoms with E-state index in [4.69, 9.17) is 5.11 Å². The van der Waals surface area contributed by atoms with Gasteiger partial charge in [0.25, 0.3) is 0 Å². The molecule has 3 aliphatic carbocycles. The number of carbonyl (C=O) groups excluding carboxylic acids is 1. The summed E-state index contributed by atoms with van der Waals surface area (Å²) in [6.07, 6.45) is 5.85. The molecule has 4 heteroatoms. The fourth-order valence-corrected chi connectivity index (χ4v) is 4.96. The standard InChI is InChI=1S/C16H22O4/c1-16-7-6-11-10(12(16)4-5-13(16)17)3-2-9(15(11)20)8-14(18)19/h8,10-13,17H,2-7H2,1H3,(H,18,19)/b9-8-. The zero-order chi connectivity index (χ0) is 14.5. The van der Waals surface area contributed by atoms with Crippen LogP contribution in [0.2, 0.25) is 0 Å². The first-order chi connectivity index (χ1) is 9.43. The van der Waals surface area contributed by atoms with Gasteiger partial charge in [-0.05, 0) is 55.8 Å². The van der Waals surface area contributed by atoms with Crippen LogP contribution in [0.5, 0.6) is 0 Å². The number of allylic oxidation sites excluding steroid dienone is 1. The van der Waals surface area contributed by atoms with Crippen molar-refractivity contribution >= 4 is 11.8 Å². The molecule has 0 bridgehead atoms. The van der Waals surface area contributed by atoms with Crippen LogP contribution in [0.4, 0.5) is 0 Å². The van der Waals surface area contributed by atoms with E-state index in [1.807, 2.05) is 0 Å². The number of carboxylic acids is 1. The summed E-state index contributed by atoms with van der Waals surface area (Å²) in [6.45, 7) is 2.17. The van der Waals surface area contributed by atoms with Crippen molar-refractivity contribution < 1.29 is 19.8 Å². The summed E-state index contributed by atoms with van der Waals surface area (Å²) in [5.74, 6) is -0.232. The van der Waals surface area contributed by atoms with Crippen molar-refractivity contribution in [3.8, 4) is 0 Å². The van der Waals surface area contributed by atoms with E-state index >= 15 is 0 Å². The lowest BCUT2D eigenvalue weighted by Crippen LogP contribution is -2.47. The van der Waals surface area contributed by atoms with Crippen LogP contribution in [0, 0.1) is 23.2 Å². The lowest BCUT2D eigenvalue weighted by molar-refractivity contribution is -0.133. The molecule has 0 saturated heterocycles. The first kappa shape index (κ1) is 13.8. The average Bonchev–Trinajstić information content (AvgIpc) is 2.69. The van der Waals surface area contributed by atoms with Crippen LogP contribution in [-0.2, 0) is 9.59 Å². The van der Waals surface area contributed by atoms with Crippen LogP contribution in [-0.4, -0.2) is 28.1 Å². The van der Waals surface area contributed by atoms with Gasteiger partial charge < -0.3 is 10.2 Å². The van der Waals surface area contributed by atoms with E-state index in [2.05, 4.69) is 6.92 Å². The number of aliphatic hydroxyl groups is 1. The van der Waals surface area contributed by atoms with E-state index in [0.29, 0.717) is 23.8 Å². The summed E-state index contributed by atoms with van der Waals surface area (Å²) < 4.78 is 0. The summed E-state index contributed by atoms with van der Waals surface area (Å²) in [5.41, 5.74) is 0.455. The Hall–Kier alpha value is -1.16. The Morgan fingerprint density at radius 1 is 1.30 bits per heavy atom. The summed E-state index contributed by atoms with van der Waals surface area (Å²) in [7, 11) is 0. The molecule has 0 spiro atoms. The molecular formula is C16H22O4. The van der Waals surface area contributed by atoms with Crippen molar-refractivity contribution in [1.29, 1.82) is 0 Å². The van der Waals surface area contributed by atoms with Crippen LogP contribution in [0.3, 0.4) is 0 Å². The molecule has 0 heterocycles. The molecule has 110 valence electrons. The Morgan fingerprint density at radius 2 is 2.05 bits per heavy atom. The van der Waals surface area contributed by atoms with Gasteiger partial charge in [-0.3, -0.25) is 4.79 Å². The van der Waals surface area contributed by atoms with E-state index in [0.717, 1.165) is 38.2 Å². The lowest BCUT2D eigenvalue weighted by atomic mass is 9.55. The van der Waals surface area contributed by atoms with Crippen molar-refractivity contribution in [1.82, 2.24) is 0 Å². The highest BCUT2D eigenvalue weighted by molar-refractivity contribution is 6.02. The molecule has 0 aromatic carbocycles. The Labute approximate surface area is 118 Å². The number of hydrogen-bond donors (Lipinski definition) is 2. The highest BCUT2D eigenvalue weighted by Crippen LogP contribution is 2.58. The maximum Gasteiger partial charge on any atom is 0.328 e. The molecule has 2 N–H and O–H groups in total. The monoisotopic (exact) mass is 278 g/mol. The summed E-state index contributed by atoms with van der Waals surface area (Å²) in [5, 5.41) is 19.1. The minimum atomic E-state index is -1.02. The third-order valence-electron chi connectivity index (χ3n) is 6.09. The summed E-state index contributed by atoms with van der Waals surface area (Å²) in [4.78, 5) is 23.3. The second-order valence-corrected chi connectivity index (χ2v) is 6.93. The Bertz CT molecular complexity index is 481. The molecule has 20 heavy (non-hydrogen) atoms. The van der Waals surface area contributed by atoms with E-state index in [1.165, 1.54) is 0 Å². The molecular weight excluding hydrogens is 256 g/mol. The van der Waals surface area contributed by atoms with Gasteiger partial charge in [0, 0.05) is 17.6 Å². The molecule has 5 unspecified atom stereocenters. The molecule has 3 fully saturated rings. The van der Waals surface area contributed by atoms with Gasteiger partial charge in [0.15, 0.2) is 5.78 Å². The fraction of sp³-hybridized carbons (Fsp3) is 0.750. The third kappa shape index (κ3) is 1.93. The number of Topliss-reactive ketones (excluding diaryl/α,β-unsaturated/α-hetero) is 1. The van der Waals surface area contributed by atoms with Crippen LogP contribution in [0.15, 0.2) is 11.6 Å². The van der Waals surface area contributed by atoms with E-state index in [-0.39, 0.29) is 23.2 Å². The number of aliphatic carboxylic acids is 1. The van der Waals surface area contributed by atoms with Gasteiger partial charge in [0.2, 0.25) is 0 Å². The van der Waals surface area contributed by atoms with E-state index < -0.39 is 5.97 Å². The Kier molecular flexibility index (Phi) is 3.24. The first-order valence-corrected chi connectivity index (χ1v) is 7.59. The SMILES string of the molecule is CC12CCC3C(=O)/C(=C\C(=O)O)CCC3C1CCC2O. The lowest BCUT2D eigenvalue weighted by Gasteiger charge is -2.49. The quantitative estimate of drug-likeness (QED) is 0.721. The molecule has 3 saturated carbocycles. The van der Waals surface area contributed by atoms with Gasteiger partial charge in [-0.25, -0.2) is 4.79 Å². The highest BCUT2D eigenvalue weighted by Gasteiger charge is 2.55. The van der Waals surface area contributed by atoms with Gasteiger partial charge in [0.1, 0.15) is 0 Å². The van der Waals surface area contributed by atoms with Crippen molar-refractivity contribution in [2.45, 2.75) is 51.6 Å². The third-order valence-corrected chi connectivity index (χ3v) is 6.09. The van der Waals surface area contributed by atoms with Crippen molar-refractivity contribution in [3.63, 3.8) is 0 Å². The molecule has 0 amide bonds. The minimum Gasteiger partial charge on any atom is -0.478 e. The Balaban J connectivity index is 1.85. The van der Waals surface area contributed by atoms with Gasteiger partial charge in [-0.15, -0.1) is 0 Å². The van der Waals surface area contributed by atoms with Crippen molar-refractivity contribution in [3.05, 3.63) is 11.6 Å². The topological polar surface area (TPSA) is 74.6 Å². The van der Waals surface area contributed by atoms with Crippen molar-refractivity contribution in [2.75, 3.05) is 0 Å². The number of carboxylic acid groups (broad SMARTS) is 1. The number of carbonyl (C=O) groups is 2. The Morgan fingerprint density at radius 3 is 2.75 bits per heavy atom. The maximum absolute atomic E-state index is 12.5. The minimum absolute atomic E-state index is 0.0160. The predicted molar refractivity (Wildman–Crippen MR) is 73.0 cm³/mol. The van der Waals surface area contributed by atoms with Gasteiger partial charge >= 0.3 is 5.97 Å². The molecule has 0 radical (unpaired) electrons. The fourth-order valence-electron chi connectivity index (χ4n) is 4.96. The smallest absolute Gasteiger partial charge is 0.328 e. The van der Waals surface area contributed by atoms with Gasteiger partial charge in [0.05, 0.1) is 6.10 Å². The normalized spacial score (nSPS) is 46.1. The number of aliphatic hydroxyl groups excluding tert-OH is 1. The van der Waals surface area contributed by atoms with Crippen LogP contribution in [0.1, 0.15) is 45.4 Å². The predicted octanol–water partition coefficient (Wildman–Crippen LogP) is 2.16. The van der Waals surface area contributed by atoms with Crippen LogP contribution >= 0.6 is 0 Å². The molecule has 5 atom stereocenters. The number of rotatable bonds is 1. The summed E-state index contributed by atoms with van der Waals surface area (Å²) in [6, 6.07) is 0. The number of hydrogen-bond acceptors (Lipinski definition) is 3. The van der Waals surface area contributed by atoms with E-state index in [9.17, 15) is 14.7 Å². The second kappa shape index (κ2) is 4.69. The molecule has 4 nitrogen and oxygen atoms in total. The highest BCUT2D eigenvalue weighted by atomic mass is 16.4. The largest absolute Gasteiger partial charge is 0.478 e. The summed E-state index contributed by atoms with van der Waals surface area (Å²) >= 11 is 0. The zero-order valence-electron chi connectivity index (χ0n) is 11.8. The first-order valence-electron chi connectivity index (χ1n) is 7.59. The van der Waals surface area contributed by atoms with Crippen molar-refractivity contribution in [2.24, 2.45) is 23.2 Å². The number of fused-ring (bicyclic) bond motifs is 3.